The first-order chi connectivity index (χ1) is 12.6. The summed E-state index contributed by atoms with van der Waals surface area (Å²) in [6.45, 7) is 0. The Bertz CT molecular complexity index is 1230. The van der Waals surface area contributed by atoms with E-state index in [1.54, 1.807) is 0 Å². The molecular weight excluding hydrogens is 418 g/mol. The predicted molar refractivity (Wildman–Crippen MR) is 95.3 cm³/mol. The Kier molecular flexibility index (Phi) is 4.97. The van der Waals surface area contributed by atoms with E-state index < -0.39 is 25.1 Å². The van der Waals surface area contributed by atoms with Gasteiger partial charge in [0.05, 0.1) is 9.92 Å². The third-order valence-electron chi connectivity index (χ3n) is 3.45. The monoisotopic (exact) mass is 427 g/mol. The van der Waals surface area contributed by atoms with Gasteiger partial charge in [0.1, 0.15) is 11.2 Å². The van der Waals surface area contributed by atoms with Gasteiger partial charge < -0.3 is 0 Å². The standard InChI is InChI=1S/C15H10ClN3O6S2/c16-12-7-10(3-6-13(12)27(23,24)25)15-18-8-17-14(19-15)9-1-4-11(5-2-9)26(20,21)22/h1-8H,(H,20,21,22)(H,23,24,25). The first kappa shape index (κ1) is 19.3. The lowest BCUT2D eigenvalue weighted by Crippen LogP contribution is -2.00. The van der Waals surface area contributed by atoms with Crippen molar-refractivity contribution in [2.24, 2.45) is 0 Å². The molecule has 2 N–H and O–H groups in total. The normalized spacial score (nSPS) is 12.1. The van der Waals surface area contributed by atoms with Crippen LogP contribution in [0.25, 0.3) is 22.8 Å². The van der Waals surface area contributed by atoms with Gasteiger partial charge in [-0.2, -0.15) is 16.8 Å². The van der Waals surface area contributed by atoms with Crippen LogP contribution in [0.15, 0.2) is 58.6 Å². The van der Waals surface area contributed by atoms with Crippen molar-refractivity contribution in [1.82, 2.24) is 15.0 Å². The van der Waals surface area contributed by atoms with Crippen molar-refractivity contribution in [3.63, 3.8) is 0 Å². The molecule has 0 aliphatic rings. The molecule has 3 aromatic rings. The van der Waals surface area contributed by atoms with E-state index in [2.05, 4.69) is 15.0 Å². The molecule has 1 aromatic heterocycles. The highest BCUT2D eigenvalue weighted by Crippen LogP contribution is 2.27. The number of hydrogen-bond donors (Lipinski definition) is 2. The summed E-state index contributed by atoms with van der Waals surface area (Å²) in [5, 5.41) is -0.200. The SMILES string of the molecule is O=S(=O)(O)c1ccc(-c2ncnc(-c3ccc(S(=O)(=O)O)c(Cl)c3)n2)cc1. The van der Waals surface area contributed by atoms with Gasteiger partial charge in [-0.1, -0.05) is 11.6 Å². The van der Waals surface area contributed by atoms with Crippen LogP contribution in [0.2, 0.25) is 5.02 Å². The number of nitrogens with zero attached hydrogens (tertiary/aromatic N) is 3. The maximum absolute atomic E-state index is 11.2. The van der Waals surface area contributed by atoms with E-state index in [-0.39, 0.29) is 21.6 Å². The second kappa shape index (κ2) is 6.94. The zero-order chi connectivity index (χ0) is 19.8. The summed E-state index contributed by atoms with van der Waals surface area (Å²) >= 11 is 5.89. The number of halogens is 1. The predicted octanol–water partition coefficient (Wildman–Crippen LogP) is 2.35. The van der Waals surface area contributed by atoms with Gasteiger partial charge in [-0.15, -0.1) is 0 Å². The van der Waals surface area contributed by atoms with Gasteiger partial charge in [-0.25, -0.2) is 15.0 Å². The van der Waals surface area contributed by atoms with Crippen molar-refractivity contribution in [3.8, 4) is 22.8 Å². The molecule has 0 atom stereocenters. The highest BCUT2D eigenvalue weighted by atomic mass is 35.5. The summed E-state index contributed by atoms with van der Waals surface area (Å²) in [5.74, 6) is 0.402. The zero-order valence-corrected chi connectivity index (χ0v) is 15.6. The first-order valence-electron chi connectivity index (χ1n) is 7.10. The zero-order valence-electron chi connectivity index (χ0n) is 13.2. The lowest BCUT2D eigenvalue weighted by atomic mass is 10.2. The van der Waals surface area contributed by atoms with Crippen LogP contribution < -0.4 is 0 Å². The van der Waals surface area contributed by atoms with Gasteiger partial charge in [0.15, 0.2) is 11.6 Å². The first-order valence-corrected chi connectivity index (χ1v) is 10.4. The molecular formula is C15H10ClN3O6S2. The van der Waals surface area contributed by atoms with Crippen LogP contribution in [0.3, 0.4) is 0 Å². The van der Waals surface area contributed by atoms with E-state index in [9.17, 15) is 16.8 Å². The molecule has 0 saturated heterocycles. The van der Waals surface area contributed by atoms with Gasteiger partial charge in [0, 0.05) is 11.1 Å². The molecule has 0 amide bonds. The van der Waals surface area contributed by atoms with Gasteiger partial charge in [-0.05, 0) is 42.5 Å². The number of benzene rings is 2. The minimum Gasteiger partial charge on any atom is -0.282 e. The molecule has 0 aliphatic heterocycles. The van der Waals surface area contributed by atoms with Crippen LogP contribution in [-0.4, -0.2) is 40.9 Å². The Labute approximate surface area is 159 Å². The molecule has 27 heavy (non-hydrogen) atoms. The van der Waals surface area contributed by atoms with Crippen LogP contribution >= 0.6 is 11.6 Å². The van der Waals surface area contributed by atoms with E-state index >= 15 is 0 Å². The fraction of sp³-hybridized carbons (Fsp3) is 0. The van der Waals surface area contributed by atoms with E-state index in [0.29, 0.717) is 11.1 Å². The van der Waals surface area contributed by atoms with E-state index in [0.717, 1.165) is 6.07 Å². The van der Waals surface area contributed by atoms with Crippen LogP contribution in [0.1, 0.15) is 0 Å². The minimum absolute atomic E-state index is 0.183. The van der Waals surface area contributed by atoms with E-state index in [1.165, 1.54) is 42.7 Å². The fourth-order valence-corrected chi connectivity index (χ4v) is 3.70. The van der Waals surface area contributed by atoms with Crippen LogP contribution in [-0.2, 0) is 20.2 Å². The molecule has 2 aromatic carbocycles. The third-order valence-corrected chi connectivity index (χ3v) is 5.65. The quantitative estimate of drug-likeness (QED) is 0.598. The molecule has 12 heteroatoms. The summed E-state index contributed by atoms with van der Waals surface area (Å²) in [5.41, 5.74) is 0.845. The minimum atomic E-state index is -4.45. The third kappa shape index (κ3) is 4.28. The molecule has 1 heterocycles. The van der Waals surface area contributed by atoms with Gasteiger partial charge in [0.25, 0.3) is 20.2 Å². The molecule has 0 fully saturated rings. The van der Waals surface area contributed by atoms with Crippen molar-refractivity contribution >= 4 is 31.8 Å². The second-order valence-corrected chi connectivity index (χ2v) is 8.47. The summed E-state index contributed by atoms with van der Waals surface area (Å²) in [4.78, 5) is 11.5. The van der Waals surface area contributed by atoms with E-state index in [1.807, 2.05) is 0 Å². The van der Waals surface area contributed by atoms with Crippen LogP contribution in [0.5, 0.6) is 0 Å². The van der Waals surface area contributed by atoms with Crippen molar-refractivity contribution in [1.29, 1.82) is 0 Å². The van der Waals surface area contributed by atoms with Crippen molar-refractivity contribution in [2.45, 2.75) is 9.79 Å². The van der Waals surface area contributed by atoms with Gasteiger partial charge in [-0.3, -0.25) is 9.11 Å². The molecule has 0 radical (unpaired) electrons. The number of aromatic nitrogens is 3. The van der Waals surface area contributed by atoms with Gasteiger partial charge in [0.2, 0.25) is 0 Å². The Morgan fingerprint density at radius 2 is 1.33 bits per heavy atom. The topological polar surface area (TPSA) is 147 Å². The molecule has 3 rings (SSSR count). The molecule has 0 bridgehead atoms. The lowest BCUT2D eigenvalue weighted by Gasteiger charge is -2.06. The average molecular weight is 428 g/mol. The highest BCUT2D eigenvalue weighted by Gasteiger charge is 2.16. The van der Waals surface area contributed by atoms with Gasteiger partial charge >= 0.3 is 0 Å². The van der Waals surface area contributed by atoms with Crippen molar-refractivity contribution < 1.29 is 25.9 Å². The highest BCUT2D eigenvalue weighted by molar-refractivity contribution is 7.86. The fourth-order valence-electron chi connectivity index (χ4n) is 2.20. The number of rotatable bonds is 4. The summed E-state index contributed by atoms with van der Waals surface area (Å²) in [6, 6.07) is 9.00. The van der Waals surface area contributed by atoms with Crippen molar-refractivity contribution in [3.05, 3.63) is 53.8 Å². The van der Waals surface area contributed by atoms with E-state index in [4.69, 9.17) is 20.7 Å². The molecule has 9 nitrogen and oxygen atoms in total. The molecule has 140 valence electrons. The lowest BCUT2D eigenvalue weighted by molar-refractivity contribution is 0.481. The molecule has 0 unspecified atom stereocenters. The summed E-state index contributed by atoms with van der Waals surface area (Å²) < 4.78 is 62.7. The number of hydrogen-bond acceptors (Lipinski definition) is 7. The molecule has 0 saturated carbocycles. The molecule has 0 aliphatic carbocycles. The Balaban J connectivity index is 2.00. The maximum Gasteiger partial charge on any atom is 0.296 e. The van der Waals surface area contributed by atoms with Crippen LogP contribution in [0.4, 0.5) is 0 Å². The Morgan fingerprint density at radius 1 is 0.778 bits per heavy atom. The van der Waals surface area contributed by atoms with Crippen LogP contribution in [0, 0.1) is 0 Å². The largest absolute Gasteiger partial charge is 0.296 e. The average Bonchev–Trinajstić information content (AvgIpc) is 2.60. The summed E-state index contributed by atoms with van der Waals surface area (Å²) in [6.07, 6.45) is 1.22. The Hall–Kier alpha value is -2.44. The maximum atomic E-state index is 11.2. The second-order valence-electron chi connectivity index (χ2n) is 5.25. The summed E-state index contributed by atoms with van der Waals surface area (Å²) in [7, 11) is -8.77. The Morgan fingerprint density at radius 3 is 1.85 bits per heavy atom. The molecule has 0 spiro atoms. The smallest absolute Gasteiger partial charge is 0.282 e. The van der Waals surface area contributed by atoms with Crippen molar-refractivity contribution in [2.75, 3.05) is 0 Å².